The number of nitrogens with zero attached hydrogens (tertiary/aromatic N) is 1. The molecule has 3 aliphatic rings. The minimum Gasteiger partial charge on any atom is -0.396 e. The molecule has 0 radical (unpaired) electrons. The topological polar surface area (TPSA) is 47.5 Å². The third-order valence-corrected chi connectivity index (χ3v) is 6.43. The first-order valence-electron chi connectivity index (χ1n) is 9.57. The predicted octanol–water partition coefficient (Wildman–Crippen LogP) is 1.59. The van der Waals surface area contributed by atoms with Crippen LogP contribution in [-0.2, 0) is 0 Å². The summed E-state index contributed by atoms with van der Waals surface area (Å²) in [7, 11) is 0. The lowest BCUT2D eigenvalue weighted by atomic mass is 9.67. The highest BCUT2D eigenvalue weighted by atomic mass is 16.3. The fourth-order valence-corrected chi connectivity index (χ4v) is 4.82. The van der Waals surface area contributed by atoms with Crippen LogP contribution in [0, 0.1) is 11.3 Å². The molecule has 1 saturated carbocycles. The van der Waals surface area contributed by atoms with E-state index in [1.165, 1.54) is 71.0 Å². The summed E-state index contributed by atoms with van der Waals surface area (Å²) in [4.78, 5) is 2.54. The number of piperidine rings is 2. The van der Waals surface area contributed by atoms with Crippen LogP contribution in [0.1, 0.15) is 51.4 Å². The first-order chi connectivity index (χ1) is 10.8. The third kappa shape index (κ3) is 4.44. The van der Waals surface area contributed by atoms with Crippen molar-refractivity contribution >= 4 is 0 Å². The van der Waals surface area contributed by atoms with Gasteiger partial charge < -0.3 is 20.6 Å². The van der Waals surface area contributed by atoms with Crippen molar-refractivity contribution in [2.45, 2.75) is 57.4 Å². The molecule has 0 aromatic rings. The SMILES string of the molecule is OC[C@H]1CCCN(CCNC2CCC3(CCNCC3)CC2)C1. The summed E-state index contributed by atoms with van der Waals surface area (Å²) < 4.78 is 0. The van der Waals surface area contributed by atoms with Gasteiger partial charge in [-0.15, -0.1) is 0 Å². The molecule has 1 atom stereocenters. The smallest absolute Gasteiger partial charge is 0.0471 e. The van der Waals surface area contributed by atoms with Crippen LogP contribution < -0.4 is 10.6 Å². The Bertz CT molecular complexity index is 320. The molecule has 0 bridgehead atoms. The van der Waals surface area contributed by atoms with Gasteiger partial charge in [-0.1, -0.05) is 0 Å². The number of nitrogens with one attached hydrogen (secondary N) is 2. The lowest BCUT2D eigenvalue weighted by molar-refractivity contribution is 0.107. The van der Waals surface area contributed by atoms with Crippen molar-refractivity contribution in [3.8, 4) is 0 Å². The average molecular weight is 309 g/mol. The number of rotatable bonds is 5. The maximum absolute atomic E-state index is 9.31. The molecule has 3 rings (SSSR count). The Morgan fingerprint density at radius 1 is 1.09 bits per heavy atom. The molecule has 128 valence electrons. The molecule has 2 aliphatic heterocycles. The van der Waals surface area contributed by atoms with Gasteiger partial charge in [-0.3, -0.25) is 0 Å². The maximum Gasteiger partial charge on any atom is 0.0471 e. The van der Waals surface area contributed by atoms with Crippen molar-refractivity contribution in [1.82, 2.24) is 15.5 Å². The molecular weight excluding hydrogens is 274 g/mol. The van der Waals surface area contributed by atoms with Gasteiger partial charge in [0.1, 0.15) is 0 Å². The highest BCUT2D eigenvalue weighted by Crippen LogP contribution is 2.43. The molecule has 3 fully saturated rings. The van der Waals surface area contributed by atoms with E-state index < -0.39 is 0 Å². The van der Waals surface area contributed by atoms with Crippen LogP contribution in [-0.4, -0.2) is 61.9 Å². The van der Waals surface area contributed by atoms with Gasteiger partial charge in [0.15, 0.2) is 0 Å². The van der Waals surface area contributed by atoms with Crippen LogP contribution in [0.3, 0.4) is 0 Å². The molecule has 2 heterocycles. The molecule has 4 heteroatoms. The van der Waals surface area contributed by atoms with Gasteiger partial charge in [0.25, 0.3) is 0 Å². The van der Waals surface area contributed by atoms with E-state index in [1.54, 1.807) is 0 Å². The quantitative estimate of drug-likeness (QED) is 0.722. The molecule has 0 amide bonds. The van der Waals surface area contributed by atoms with Gasteiger partial charge in [-0.2, -0.15) is 0 Å². The van der Waals surface area contributed by atoms with Crippen molar-refractivity contribution in [2.75, 3.05) is 45.9 Å². The zero-order valence-corrected chi connectivity index (χ0v) is 14.2. The molecule has 2 saturated heterocycles. The first-order valence-corrected chi connectivity index (χ1v) is 9.57. The third-order valence-electron chi connectivity index (χ3n) is 6.43. The number of hydrogen-bond acceptors (Lipinski definition) is 4. The Morgan fingerprint density at radius 3 is 2.59 bits per heavy atom. The Kier molecular flexibility index (Phi) is 6.14. The van der Waals surface area contributed by atoms with E-state index in [4.69, 9.17) is 0 Å². The molecule has 4 nitrogen and oxygen atoms in total. The summed E-state index contributed by atoms with van der Waals surface area (Å²) in [6.07, 6.45) is 10.9. The van der Waals surface area contributed by atoms with E-state index in [0.29, 0.717) is 17.9 Å². The summed E-state index contributed by atoms with van der Waals surface area (Å²) in [6.45, 7) is 7.43. The van der Waals surface area contributed by atoms with Gasteiger partial charge in [-0.25, -0.2) is 0 Å². The van der Waals surface area contributed by atoms with Crippen LogP contribution >= 0.6 is 0 Å². The molecule has 0 aromatic carbocycles. The second-order valence-electron chi connectivity index (χ2n) is 7.97. The first kappa shape index (κ1) is 16.7. The molecule has 1 aliphatic carbocycles. The van der Waals surface area contributed by atoms with Crippen molar-refractivity contribution in [3.05, 3.63) is 0 Å². The fraction of sp³-hybridized carbons (Fsp3) is 1.00. The van der Waals surface area contributed by atoms with Crippen molar-refractivity contribution in [1.29, 1.82) is 0 Å². The van der Waals surface area contributed by atoms with Crippen LogP contribution in [0.15, 0.2) is 0 Å². The van der Waals surface area contributed by atoms with Gasteiger partial charge in [0, 0.05) is 32.3 Å². The normalized spacial score (nSPS) is 30.7. The van der Waals surface area contributed by atoms with E-state index >= 15 is 0 Å². The van der Waals surface area contributed by atoms with E-state index in [2.05, 4.69) is 15.5 Å². The molecule has 1 spiro atoms. The van der Waals surface area contributed by atoms with Crippen LogP contribution in [0.4, 0.5) is 0 Å². The average Bonchev–Trinajstić information content (AvgIpc) is 2.58. The number of aliphatic hydroxyl groups is 1. The highest BCUT2D eigenvalue weighted by molar-refractivity contribution is 4.91. The molecule has 0 aromatic heterocycles. The lowest BCUT2D eigenvalue weighted by Crippen LogP contribution is -2.45. The van der Waals surface area contributed by atoms with Crippen LogP contribution in [0.5, 0.6) is 0 Å². The summed E-state index contributed by atoms with van der Waals surface area (Å²) in [5.74, 6) is 0.517. The second-order valence-corrected chi connectivity index (χ2v) is 7.97. The lowest BCUT2D eigenvalue weighted by Gasteiger charge is -2.43. The summed E-state index contributed by atoms with van der Waals surface area (Å²) in [5, 5.41) is 16.6. The van der Waals surface area contributed by atoms with Crippen LogP contribution in [0.25, 0.3) is 0 Å². The standard InChI is InChI=1S/C18H35N3O/c22-15-16-2-1-12-21(14-16)13-11-20-17-3-5-18(6-4-17)7-9-19-10-8-18/h16-17,19-20,22H,1-15H2/t16-/m0/s1. The monoisotopic (exact) mass is 309 g/mol. The molecular formula is C18H35N3O. The van der Waals surface area contributed by atoms with E-state index in [1.807, 2.05) is 0 Å². The Hall–Kier alpha value is -0.160. The van der Waals surface area contributed by atoms with Crippen molar-refractivity contribution < 1.29 is 5.11 Å². The number of aliphatic hydroxyl groups excluding tert-OH is 1. The zero-order chi connectivity index (χ0) is 15.3. The Balaban J connectivity index is 1.32. The number of likely N-dealkylation sites (tertiary alicyclic amines) is 1. The highest BCUT2D eigenvalue weighted by Gasteiger charge is 2.35. The van der Waals surface area contributed by atoms with E-state index in [9.17, 15) is 5.11 Å². The fourth-order valence-electron chi connectivity index (χ4n) is 4.82. The van der Waals surface area contributed by atoms with E-state index in [0.717, 1.165) is 25.7 Å². The predicted molar refractivity (Wildman–Crippen MR) is 91.0 cm³/mol. The minimum atomic E-state index is 0.365. The van der Waals surface area contributed by atoms with Crippen LogP contribution in [0.2, 0.25) is 0 Å². The number of hydrogen-bond donors (Lipinski definition) is 3. The summed E-state index contributed by atoms with van der Waals surface area (Å²) >= 11 is 0. The Labute approximate surface area is 136 Å². The molecule has 22 heavy (non-hydrogen) atoms. The van der Waals surface area contributed by atoms with Gasteiger partial charge in [0.2, 0.25) is 0 Å². The zero-order valence-electron chi connectivity index (χ0n) is 14.2. The maximum atomic E-state index is 9.31. The van der Waals surface area contributed by atoms with Crippen molar-refractivity contribution in [3.63, 3.8) is 0 Å². The van der Waals surface area contributed by atoms with Gasteiger partial charge in [-0.05, 0) is 82.3 Å². The Morgan fingerprint density at radius 2 is 1.86 bits per heavy atom. The van der Waals surface area contributed by atoms with Crippen molar-refractivity contribution in [2.24, 2.45) is 11.3 Å². The van der Waals surface area contributed by atoms with E-state index in [-0.39, 0.29) is 0 Å². The molecule has 0 unspecified atom stereocenters. The largest absolute Gasteiger partial charge is 0.396 e. The summed E-state index contributed by atoms with van der Waals surface area (Å²) in [6, 6.07) is 0.749. The molecule has 3 N–H and O–H groups in total. The minimum absolute atomic E-state index is 0.365. The van der Waals surface area contributed by atoms with Gasteiger partial charge >= 0.3 is 0 Å². The van der Waals surface area contributed by atoms with Gasteiger partial charge in [0.05, 0.1) is 0 Å². The summed E-state index contributed by atoms with van der Waals surface area (Å²) in [5.41, 5.74) is 0.685. The second kappa shape index (κ2) is 8.09.